The van der Waals surface area contributed by atoms with E-state index in [4.69, 9.17) is 14.2 Å². The molecule has 1 atom stereocenters. The molecule has 3 N–H and O–H groups in total. The number of esters is 2. The molecule has 2 aromatic carbocycles. The molecule has 0 radical (unpaired) electrons. The zero-order valence-corrected chi connectivity index (χ0v) is 23.1. The summed E-state index contributed by atoms with van der Waals surface area (Å²) in [5.74, 6) is -2.10. The Bertz CT molecular complexity index is 1250. The highest BCUT2D eigenvalue weighted by Gasteiger charge is 2.39. The Balaban J connectivity index is 1.78. The van der Waals surface area contributed by atoms with Crippen LogP contribution in [0.1, 0.15) is 49.8 Å². The van der Waals surface area contributed by atoms with Crippen molar-refractivity contribution < 1.29 is 33.8 Å². The molecule has 0 fully saturated rings. The fourth-order valence-corrected chi connectivity index (χ4v) is 4.64. The van der Waals surface area contributed by atoms with Crippen molar-refractivity contribution in [3.05, 3.63) is 92.3 Å². The number of aliphatic hydroxyl groups is 1. The number of benzene rings is 2. The van der Waals surface area contributed by atoms with Gasteiger partial charge < -0.3 is 30.0 Å². The largest absolute Gasteiger partial charge is 0.493 e. The SMILES string of the molecule is COC(=O)C1=C(C)NC(C)=C(C(=O)OC)C1c1cc([N+](=O)[O-])ccc1OCCCCNC[C@H](O)c1ccccc1. The standard InChI is InChI=1S/C29H35N3O8/c1-18-25(28(34)38-3)27(26(19(2)31-18)29(35)39-4)22-16-21(32(36)37)12-13-24(22)40-15-9-8-14-30-17-23(33)20-10-6-5-7-11-20/h5-7,10-13,16,23,27,30-31,33H,8-9,14-15,17H2,1-4H3/t23-/m0/s1. The minimum absolute atomic E-state index is 0.125. The smallest absolute Gasteiger partial charge is 0.336 e. The number of ether oxygens (including phenoxy) is 3. The Hall–Kier alpha value is -4.22. The van der Waals surface area contributed by atoms with E-state index in [2.05, 4.69) is 10.6 Å². The average Bonchev–Trinajstić information content (AvgIpc) is 2.95. The summed E-state index contributed by atoms with van der Waals surface area (Å²) in [7, 11) is 2.45. The number of aliphatic hydroxyl groups excluding tert-OH is 1. The molecule has 214 valence electrons. The van der Waals surface area contributed by atoms with Gasteiger partial charge in [-0.25, -0.2) is 9.59 Å². The number of nitrogens with zero attached hydrogens (tertiary/aromatic N) is 1. The van der Waals surface area contributed by atoms with Crippen molar-refractivity contribution in [2.24, 2.45) is 0 Å². The van der Waals surface area contributed by atoms with Crippen LogP contribution in [0.4, 0.5) is 5.69 Å². The van der Waals surface area contributed by atoms with Crippen LogP contribution in [0.2, 0.25) is 0 Å². The number of allylic oxidation sites excluding steroid dienone is 2. The van der Waals surface area contributed by atoms with Crippen molar-refractivity contribution in [2.75, 3.05) is 33.9 Å². The molecular weight excluding hydrogens is 518 g/mol. The molecule has 11 nitrogen and oxygen atoms in total. The molecule has 0 bridgehead atoms. The lowest BCUT2D eigenvalue weighted by molar-refractivity contribution is -0.384. The van der Waals surface area contributed by atoms with Gasteiger partial charge in [-0.15, -0.1) is 0 Å². The third-order valence-electron chi connectivity index (χ3n) is 6.61. The zero-order valence-electron chi connectivity index (χ0n) is 23.1. The van der Waals surface area contributed by atoms with Crippen LogP contribution in [0, 0.1) is 10.1 Å². The molecular formula is C29H35N3O8. The van der Waals surface area contributed by atoms with Gasteiger partial charge in [0.25, 0.3) is 5.69 Å². The van der Waals surface area contributed by atoms with Gasteiger partial charge in [0, 0.05) is 35.6 Å². The van der Waals surface area contributed by atoms with Gasteiger partial charge in [-0.2, -0.15) is 0 Å². The number of hydrogen-bond donors (Lipinski definition) is 3. The lowest BCUT2D eigenvalue weighted by Gasteiger charge is -2.30. The van der Waals surface area contributed by atoms with Crippen molar-refractivity contribution in [2.45, 2.75) is 38.7 Å². The Morgan fingerprint density at radius 1 is 1.02 bits per heavy atom. The number of non-ortho nitro benzene ring substituents is 1. The van der Waals surface area contributed by atoms with Gasteiger partial charge in [0.1, 0.15) is 5.75 Å². The van der Waals surface area contributed by atoms with Gasteiger partial charge >= 0.3 is 11.9 Å². The summed E-state index contributed by atoms with van der Waals surface area (Å²) in [6.07, 6.45) is 0.788. The van der Waals surface area contributed by atoms with Crippen LogP contribution in [0.3, 0.4) is 0 Å². The number of nitro benzene ring substituents is 1. The fraction of sp³-hybridized carbons (Fsp3) is 0.379. The van der Waals surface area contributed by atoms with Crippen LogP contribution in [0.25, 0.3) is 0 Å². The lowest BCUT2D eigenvalue weighted by Crippen LogP contribution is -2.32. The van der Waals surface area contributed by atoms with E-state index < -0.39 is 28.9 Å². The van der Waals surface area contributed by atoms with Gasteiger partial charge in [0.2, 0.25) is 0 Å². The van der Waals surface area contributed by atoms with Gasteiger partial charge in [-0.3, -0.25) is 10.1 Å². The molecule has 1 aliphatic heterocycles. The first-order chi connectivity index (χ1) is 19.2. The monoisotopic (exact) mass is 553 g/mol. The van der Waals surface area contributed by atoms with E-state index in [0.717, 1.165) is 12.0 Å². The number of carbonyl (C=O) groups excluding carboxylic acids is 2. The predicted molar refractivity (Wildman–Crippen MR) is 147 cm³/mol. The molecule has 11 heteroatoms. The second-order valence-corrected chi connectivity index (χ2v) is 9.28. The average molecular weight is 554 g/mol. The van der Waals surface area contributed by atoms with Gasteiger partial charge in [-0.05, 0) is 44.9 Å². The fourth-order valence-electron chi connectivity index (χ4n) is 4.64. The maximum Gasteiger partial charge on any atom is 0.336 e. The van der Waals surface area contributed by atoms with E-state index in [0.29, 0.717) is 36.7 Å². The van der Waals surface area contributed by atoms with Crippen LogP contribution in [0.5, 0.6) is 5.75 Å². The van der Waals surface area contributed by atoms with Crippen molar-refractivity contribution >= 4 is 17.6 Å². The number of nitro groups is 1. The van der Waals surface area contributed by atoms with E-state index in [-0.39, 0.29) is 29.0 Å². The summed E-state index contributed by atoms with van der Waals surface area (Å²) < 4.78 is 16.0. The molecule has 0 amide bonds. The first-order valence-electron chi connectivity index (χ1n) is 12.9. The van der Waals surface area contributed by atoms with Crippen molar-refractivity contribution in [3.8, 4) is 5.75 Å². The van der Waals surface area contributed by atoms with Gasteiger partial charge in [-0.1, -0.05) is 30.3 Å². The summed E-state index contributed by atoms with van der Waals surface area (Å²) in [5, 5.41) is 28.1. The molecule has 0 saturated carbocycles. The predicted octanol–water partition coefficient (Wildman–Crippen LogP) is 3.66. The number of unbranched alkanes of at least 4 members (excludes halogenated alkanes) is 1. The van der Waals surface area contributed by atoms with Crippen LogP contribution in [-0.4, -0.2) is 55.9 Å². The number of hydrogen-bond acceptors (Lipinski definition) is 10. The quantitative estimate of drug-likeness (QED) is 0.145. The Labute approximate surface area is 233 Å². The molecule has 1 heterocycles. The highest BCUT2D eigenvalue weighted by molar-refractivity contribution is 6.00. The number of methoxy groups -OCH3 is 2. The van der Waals surface area contributed by atoms with E-state index in [9.17, 15) is 24.8 Å². The van der Waals surface area contributed by atoms with Crippen LogP contribution in [0.15, 0.2) is 71.1 Å². The topological polar surface area (TPSA) is 149 Å². The molecule has 3 rings (SSSR count). The minimum Gasteiger partial charge on any atom is -0.493 e. The lowest BCUT2D eigenvalue weighted by atomic mass is 9.80. The summed E-state index contributed by atoms with van der Waals surface area (Å²) in [4.78, 5) is 36.8. The highest BCUT2D eigenvalue weighted by atomic mass is 16.6. The number of dihydropyridines is 1. The maximum atomic E-state index is 12.9. The maximum absolute atomic E-state index is 12.9. The first kappa shape index (κ1) is 30.3. The summed E-state index contributed by atoms with van der Waals surface area (Å²) in [5.41, 5.74) is 2.05. The van der Waals surface area contributed by atoms with Crippen LogP contribution >= 0.6 is 0 Å². The first-order valence-corrected chi connectivity index (χ1v) is 12.9. The van der Waals surface area contributed by atoms with Crippen molar-refractivity contribution in [1.82, 2.24) is 10.6 Å². The number of carbonyl (C=O) groups is 2. The zero-order chi connectivity index (χ0) is 29.2. The molecule has 40 heavy (non-hydrogen) atoms. The Morgan fingerprint density at radius 2 is 1.65 bits per heavy atom. The molecule has 0 unspecified atom stereocenters. The van der Waals surface area contributed by atoms with Crippen LogP contribution in [-0.2, 0) is 19.1 Å². The van der Waals surface area contributed by atoms with Crippen molar-refractivity contribution in [3.63, 3.8) is 0 Å². The molecule has 0 aromatic heterocycles. The van der Waals surface area contributed by atoms with Gasteiger partial charge in [0.05, 0.1) is 48.9 Å². The second-order valence-electron chi connectivity index (χ2n) is 9.28. The van der Waals surface area contributed by atoms with E-state index >= 15 is 0 Å². The van der Waals surface area contributed by atoms with Crippen LogP contribution < -0.4 is 15.4 Å². The molecule has 0 aliphatic carbocycles. The third-order valence-corrected chi connectivity index (χ3v) is 6.61. The summed E-state index contributed by atoms with van der Waals surface area (Å²) in [6.45, 7) is 4.67. The van der Waals surface area contributed by atoms with Crippen molar-refractivity contribution in [1.29, 1.82) is 0 Å². The second kappa shape index (κ2) is 14.2. The molecule has 0 saturated heterocycles. The Kier molecular flexibility index (Phi) is 10.8. The number of nitrogens with one attached hydrogen (secondary N) is 2. The van der Waals surface area contributed by atoms with Gasteiger partial charge in [0.15, 0.2) is 0 Å². The summed E-state index contributed by atoms with van der Waals surface area (Å²) in [6, 6.07) is 13.5. The Morgan fingerprint density at radius 3 is 2.23 bits per heavy atom. The number of rotatable bonds is 13. The molecule has 1 aliphatic rings. The normalized spacial score (nSPS) is 14.4. The van der Waals surface area contributed by atoms with E-state index in [1.807, 2.05) is 30.3 Å². The van der Waals surface area contributed by atoms with E-state index in [1.165, 1.54) is 32.4 Å². The highest BCUT2D eigenvalue weighted by Crippen LogP contribution is 2.44. The summed E-state index contributed by atoms with van der Waals surface area (Å²) >= 11 is 0. The third kappa shape index (κ3) is 7.25. The molecule has 2 aromatic rings. The molecule has 0 spiro atoms. The van der Waals surface area contributed by atoms with E-state index in [1.54, 1.807) is 13.8 Å². The minimum atomic E-state index is -1.02.